The van der Waals surface area contributed by atoms with Crippen LogP contribution in [-0.2, 0) is 21.3 Å². The summed E-state index contributed by atoms with van der Waals surface area (Å²) in [6, 6.07) is 9.72. The minimum atomic E-state index is -3.60. The molecule has 0 bridgehead atoms. The second-order valence-electron chi connectivity index (χ2n) is 5.50. The van der Waals surface area contributed by atoms with Gasteiger partial charge in [-0.25, -0.2) is 13.1 Å². The number of amides is 1. The number of rotatable bonds is 9. The molecule has 1 N–H and O–H groups in total. The average Bonchev–Trinajstić information content (AvgIpc) is 3.13. The molecule has 0 aliphatic rings. The Balaban J connectivity index is 1.99. The number of nitrogens with zero attached hydrogens (tertiary/aromatic N) is 1. The fourth-order valence-electron chi connectivity index (χ4n) is 2.21. The van der Waals surface area contributed by atoms with Gasteiger partial charge in [0.25, 0.3) is 5.91 Å². The first-order chi connectivity index (χ1) is 11.9. The molecule has 0 aliphatic heterocycles. The van der Waals surface area contributed by atoms with Crippen LogP contribution in [-0.4, -0.2) is 46.5 Å². The van der Waals surface area contributed by atoms with E-state index < -0.39 is 10.0 Å². The van der Waals surface area contributed by atoms with Crippen LogP contribution >= 0.6 is 11.3 Å². The van der Waals surface area contributed by atoms with E-state index >= 15 is 0 Å². The quantitative estimate of drug-likeness (QED) is 0.676. The van der Waals surface area contributed by atoms with Gasteiger partial charge in [-0.3, -0.25) is 4.79 Å². The lowest BCUT2D eigenvalue weighted by molar-refractivity contribution is 0.0779. The Morgan fingerprint density at radius 3 is 2.56 bits per heavy atom. The van der Waals surface area contributed by atoms with Gasteiger partial charge < -0.3 is 9.64 Å². The predicted octanol–water partition coefficient (Wildman–Crippen LogP) is 2.34. The standard InChI is InChI=1S/C17H22N2O4S2/c1-19(10-4-11-23-2)17(20)14-6-8-16(9-7-14)25(21,22)18-13-15-5-3-12-24-15/h3,5-9,12,18H,4,10-11,13H2,1-2H3. The smallest absolute Gasteiger partial charge is 0.253 e. The lowest BCUT2D eigenvalue weighted by atomic mass is 10.2. The van der Waals surface area contributed by atoms with Crippen molar-refractivity contribution >= 4 is 27.3 Å². The van der Waals surface area contributed by atoms with Crippen LogP contribution in [0, 0.1) is 0 Å². The molecule has 2 rings (SSSR count). The summed E-state index contributed by atoms with van der Waals surface area (Å²) >= 11 is 1.49. The largest absolute Gasteiger partial charge is 0.385 e. The zero-order valence-electron chi connectivity index (χ0n) is 14.3. The number of ether oxygens (including phenoxy) is 1. The maximum Gasteiger partial charge on any atom is 0.253 e. The molecule has 0 radical (unpaired) electrons. The molecule has 25 heavy (non-hydrogen) atoms. The van der Waals surface area contributed by atoms with Crippen molar-refractivity contribution in [2.45, 2.75) is 17.9 Å². The van der Waals surface area contributed by atoms with E-state index in [-0.39, 0.29) is 17.3 Å². The SMILES string of the molecule is COCCCN(C)C(=O)c1ccc(S(=O)(=O)NCc2cccs2)cc1. The van der Waals surface area contributed by atoms with E-state index in [9.17, 15) is 13.2 Å². The number of hydrogen-bond acceptors (Lipinski definition) is 5. The molecule has 0 aliphatic carbocycles. The number of nitrogens with one attached hydrogen (secondary N) is 1. The number of hydrogen-bond donors (Lipinski definition) is 1. The van der Waals surface area contributed by atoms with E-state index in [1.54, 1.807) is 19.1 Å². The van der Waals surface area contributed by atoms with Crippen molar-refractivity contribution in [2.24, 2.45) is 0 Å². The normalized spacial score (nSPS) is 11.4. The summed E-state index contributed by atoms with van der Waals surface area (Å²) in [6.45, 7) is 1.42. The fraction of sp³-hybridized carbons (Fsp3) is 0.353. The van der Waals surface area contributed by atoms with E-state index in [0.29, 0.717) is 18.7 Å². The Kier molecular flexibility index (Phi) is 7.12. The van der Waals surface area contributed by atoms with Gasteiger partial charge in [0.2, 0.25) is 10.0 Å². The Morgan fingerprint density at radius 2 is 1.96 bits per heavy atom. The van der Waals surface area contributed by atoms with Crippen molar-refractivity contribution in [3.8, 4) is 0 Å². The van der Waals surface area contributed by atoms with Crippen molar-refractivity contribution < 1.29 is 17.9 Å². The highest BCUT2D eigenvalue weighted by atomic mass is 32.2. The second kappa shape index (κ2) is 9.10. The van der Waals surface area contributed by atoms with Crippen molar-refractivity contribution in [3.05, 3.63) is 52.2 Å². The fourth-order valence-corrected chi connectivity index (χ4v) is 3.95. The van der Waals surface area contributed by atoms with Gasteiger partial charge in [0, 0.05) is 44.3 Å². The molecule has 0 spiro atoms. The van der Waals surface area contributed by atoms with Crippen LogP contribution in [0.2, 0.25) is 0 Å². The van der Waals surface area contributed by atoms with Crippen molar-refractivity contribution in [3.63, 3.8) is 0 Å². The third-order valence-electron chi connectivity index (χ3n) is 3.62. The maximum absolute atomic E-state index is 12.3. The molecule has 1 aromatic heterocycles. The lowest BCUT2D eigenvalue weighted by Crippen LogP contribution is -2.28. The van der Waals surface area contributed by atoms with E-state index in [1.807, 2.05) is 17.5 Å². The van der Waals surface area contributed by atoms with Gasteiger partial charge >= 0.3 is 0 Å². The van der Waals surface area contributed by atoms with Gasteiger partial charge in [0.05, 0.1) is 4.90 Å². The lowest BCUT2D eigenvalue weighted by Gasteiger charge is -2.17. The number of benzene rings is 1. The highest BCUT2D eigenvalue weighted by molar-refractivity contribution is 7.89. The van der Waals surface area contributed by atoms with E-state index in [0.717, 1.165) is 11.3 Å². The molecule has 6 nitrogen and oxygen atoms in total. The summed E-state index contributed by atoms with van der Waals surface area (Å²) in [7, 11) is -0.269. The number of thiophene rings is 1. The van der Waals surface area contributed by atoms with Crippen LogP contribution in [0.15, 0.2) is 46.7 Å². The van der Waals surface area contributed by atoms with E-state index in [2.05, 4.69) is 4.72 Å². The zero-order chi connectivity index (χ0) is 18.3. The molecule has 1 amide bonds. The van der Waals surface area contributed by atoms with Gasteiger partial charge in [0.15, 0.2) is 0 Å². The molecular formula is C17H22N2O4S2. The molecular weight excluding hydrogens is 360 g/mol. The third kappa shape index (κ3) is 5.64. The molecule has 1 aromatic carbocycles. The van der Waals surface area contributed by atoms with Gasteiger partial charge in [-0.2, -0.15) is 0 Å². The van der Waals surface area contributed by atoms with Crippen LogP contribution in [0.3, 0.4) is 0 Å². The Hall–Kier alpha value is -1.74. The summed E-state index contributed by atoms with van der Waals surface area (Å²) in [4.78, 5) is 15.0. The second-order valence-corrected chi connectivity index (χ2v) is 8.30. The Morgan fingerprint density at radius 1 is 1.24 bits per heavy atom. The average molecular weight is 383 g/mol. The first kappa shape index (κ1) is 19.6. The zero-order valence-corrected chi connectivity index (χ0v) is 15.9. The summed E-state index contributed by atoms with van der Waals surface area (Å²) in [6.07, 6.45) is 0.748. The molecule has 0 fully saturated rings. The number of carbonyl (C=O) groups excluding carboxylic acids is 1. The van der Waals surface area contributed by atoms with Crippen molar-refractivity contribution in [2.75, 3.05) is 27.3 Å². The molecule has 2 aromatic rings. The highest BCUT2D eigenvalue weighted by Gasteiger charge is 2.16. The number of methoxy groups -OCH3 is 1. The van der Waals surface area contributed by atoms with Crippen LogP contribution in [0.4, 0.5) is 0 Å². The number of carbonyl (C=O) groups is 1. The minimum Gasteiger partial charge on any atom is -0.385 e. The monoisotopic (exact) mass is 382 g/mol. The first-order valence-corrected chi connectivity index (χ1v) is 10.2. The molecule has 0 atom stereocenters. The summed E-state index contributed by atoms with van der Waals surface area (Å²) in [5.74, 6) is -0.147. The van der Waals surface area contributed by atoms with Crippen molar-refractivity contribution in [1.82, 2.24) is 9.62 Å². The van der Waals surface area contributed by atoms with Crippen LogP contribution in [0.1, 0.15) is 21.7 Å². The summed E-state index contributed by atoms with van der Waals surface area (Å²) < 4.78 is 32.1. The Bertz CT molecular complexity index is 771. The Labute approximate surface area is 152 Å². The topological polar surface area (TPSA) is 75.7 Å². The van der Waals surface area contributed by atoms with E-state index in [4.69, 9.17) is 4.74 Å². The maximum atomic E-state index is 12.3. The molecule has 1 heterocycles. The first-order valence-electron chi connectivity index (χ1n) is 7.80. The molecule has 0 saturated carbocycles. The summed E-state index contributed by atoms with van der Waals surface area (Å²) in [5.41, 5.74) is 0.456. The molecule has 0 unspecified atom stereocenters. The minimum absolute atomic E-state index is 0.141. The predicted molar refractivity (Wildman–Crippen MR) is 98.2 cm³/mol. The van der Waals surface area contributed by atoms with Crippen LogP contribution in [0.25, 0.3) is 0 Å². The van der Waals surface area contributed by atoms with Crippen molar-refractivity contribution in [1.29, 1.82) is 0 Å². The van der Waals surface area contributed by atoms with Crippen LogP contribution in [0.5, 0.6) is 0 Å². The molecule has 8 heteroatoms. The molecule has 0 saturated heterocycles. The summed E-state index contributed by atoms with van der Waals surface area (Å²) in [5, 5.41) is 1.90. The number of sulfonamides is 1. The highest BCUT2D eigenvalue weighted by Crippen LogP contribution is 2.14. The van der Waals surface area contributed by atoms with E-state index in [1.165, 1.54) is 35.6 Å². The van der Waals surface area contributed by atoms with Gasteiger partial charge in [0.1, 0.15) is 0 Å². The van der Waals surface area contributed by atoms with Gasteiger partial charge in [-0.15, -0.1) is 11.3 Å². The third-order valence-corrected chi connectivity index (χ3v) is 5.91. The van der Waals surface area contributed by atoms with Gasteiger partial charge in [-0.1, -0.05) is 6.07 Å². The van der Waals surface area contributed by atoms with Crippen LogP contribution < -0.4 is 4.72 Å². The van der Waals surface area contributed by atoms with Gasteiger partial charge in [-0.05, 0) is 42.1 Å². The molecule has 136 valence electrons.